The lowest BCUT2D eigenvalue weighted by atomic mass is 10.0. The van der Waals surface area contributed by atoms with Crippen molar-refractivity contribution in [2.75, 3.05) is 0 Å². The van der Waals surface area contributed by atoms with E-state index in [1.54, 1.807) is 4.68 Å². The summed E-state index contributed by atoms with van der Waals surface area (Å²) in [4.78, 5) is 17.1. The zero-order valence-corrected chi connectivity index (χ0v) is 15.0. The number of carbonyl (C=O) groups is 1. The molecule has 0 bridgehead atoms. The van der Waals surface area contributed by atoms with E-state index in [0.29, 0.717) is 23.3 Å². The van der Waals surface area contributed by atoms with Crippen LogP contribution >= 0.6 is 0 Å². The Labute approximate surface area is 146 Å². The summed E-state index contributed by atoms with van der Waals surface area (Å²) in [7, 11) is 0. The van der Waals surface area contributed by atoms with Crippen molar-refractivity contribution in [2.24, 2.45) is 11.8 Å². The van der Waals surface area contributed by atoms with Crippen molar-refractivity contribution in [1.29, 1.82) is 0 Å². The molecule has 0 aliphatic heterocycles. The quantitative estimate of drug-likeness (QED) is 0.650. The smallest absolute Gasteiger partial charge is 0.272 e. The molecule has 2 aromatic rings. The number of hydrogen-bond donors (Lipinski definition) is 2. The molecule has 0 radical (unpaired) electrons. The zero-order valence-electron chi connectivity index (χ0n) is 15.0. The van der Waals surface area contributed by atoms with Crippen LogP contribution < -0.4 is 10.0 Å². The van der Waals surface area contributed by atoms with E-state index in [9.17, 15) is 10.0 Å². The Kier molecular flexibility index (Phi) is 3.39. The molecule has 1 fully saturated rings. The van der Waals surface area contributed by atoms with E-state index in [2.05, 4.69) is 36.2 Å². The van der Waals surface area contributed by atoms with Crippen molar-refractivity contribution in [2.45, 2.75) is 52.0 Å². The van der Waals surface area contributed by atoms with E-state index >= 15 is 0 Å². The summed E-state index contributed by atoms with van der Waals surface area (Å²) in [5.74, 6) is 1.32. The van der Waals surface area contributed by atoms with Crippen LogP contribution in [-0.4, -0.2) is 31.9 Å². The second kappa shape index (κ2) is 5.28. The van der Waals surface area contributed by atoms with Gasteiger partial charge in [-0.15, -0.1) is 0 Å². The summed E-state index contributed by atoms with van der Waals surface area (Å²) >= 11 is 0. The summed E-state index contributed by atoms with van der Waals surface area (Å²) in [6.45, 7) is 8.39. The van der Waals surface area contributed by atoms with Gasteiger partial charge in [0.15, 0.2) is 5.69 Å². The van der Waals surface area contributed by atoms with Gasteiger partial charge in [-0.3, -0.25) is 10.0 Å². The third-order valence-corrected chi connectivity index (χ3v) is 5.85. The predicted octanol–water partition coefficient (Wildman–Crippen LogP) is 1.40. The first kappa shape index (κ1) is 16.1. The van der Waals surface area contributed by atoms with Crippen LogP contribution in [0.5, 0.6) is 0 Å². The SMILES string of the molecule is CC(C)C(C)NC(=O)c1nn(-c2c[n+](O)ccn2)c2c1C[C@@H]1C[C@]21C. The summed E-state index contributed by atoms with van der Waals surface area (Å²) in [6.07, 6.45) is 6.47. The zero-order chi connectivity index (χ0) is 17.9. The van der Waals surface area contributed by atoms with E-state index in [4.69, 9.17) is 0 Å². The molecule has 1 saturated carbocycles. The minimum atomic E-state index is -0.131. The Morgan fingerprint density at radius 2 is 2.24 bits per heavy atom. The second-order valence-electron chi connectivity index (χ2n) is 7.91. The molecule has 1 amide bonds. The molecule has 2 aliphatic rings. The molecule has 4 rings (SSSR count). The van der Waals surface area contributed by atoms with Gasteiger partial charge in [-0.05, 0) is 31.6 Å². The summed E-state index contributed by atoms with van der Waals surface area (Å²) in [5, 5.41) is 17.4. The number of carbonyl (C=O) groups excluding carboxylic acids is 1. The van der Waals surface area contributed by atoms with Crippen LogP contribution in [0.4, 0.5) is 0 Å². The Morgan fingerprint density at radius 3 is 2.92 bits per heavy atom. The first-order chi connectivity index (χ1) is 11.8. The molecule has 7 heteroatoms. The average Bonchev–Trinajstić information content (AvgIpc) is 2.91. The fraction of sp³-hybridized carbons (Fsp3) is 0.556. The van der Waals surface area contributed by atoms with Crippen molar-refractivity contribution in [1.82, 2.24) is 20.1 Å². The van der Waals surface area contributed by atoms with Gasteiger partial charge in [0.05, 0.1) is 11.9 Å². The van der Waals surface area contributed by atoms with Crippen molar-refractivity contribution >= 4 is 5.91 Å². The Bertz CT molecular complexity index is 859. The molecule has 3 atom stereocenters. The van der Waals surface area contributed by atoms with Crippen molar-refractivity contribution in [3.63, 3.8) is 0 Å². The molecular weight excluding hydrogens is 318 g/mol. The fourth-order valence-electron chi connectivity index (χ4n) is 3.79. The van der Waals surface area contributed by atoms with E-state index in [1.165, 1.54) is 18.6 Å². The molecule has 2 N–H and O–H groups in total. The molecule has 1 unspecified atom stereocenters. The number of nitrogens with one attached hydrogen (secondary N) is 1. The topological polar surface area (TPSA) is 83.9 Å². The molecule has 2 aliphatic carbocycles. The van der Waals surface area contributed by atoms with Gasteiger partial charge in [-0.2, -0.15) is 5.10 Å². The maximum absolute atomic E-state index is 12.8. The summed E-state index contributed by atoms with van der Waals surface area (Å²) in [5.41, 5.74) is 2.65. The minimum Gasteiger partial charge on any atom is -0.348 e. The van der Waals surface area contributed by atoms with Gasteiger partial charge in [0.25, 0.3) is 12.1 Å². The molecule has 25 heavy (non-hydrogen) atoms. The molecule has 132 valence electrons. The van der Waals surface area contributed by atoms with Gasteiger partial charge in [0.1, 0.15) is 0 Å². The Hall–Kier alpha value is -2.44. The number of amides is 1. The van der Waals surface area contributed by atoms with Crippen LogP contribution in [0.15, 0.2) is 18.6 Å². The second-order valence-corrected chi connectivity index (χ2v) is 7.91. The van der Waals surface area contributed by atoms with E-state index in [0.717, 1.165) is 28.8 Å². The van der Waals surface area contributed by atoms with Gasteiger partial charge < -0.3 is 5.32 Å². The summed E-state index contributed by atoms with van der Waals surface area (Å²) < 4.78 is 2.70. The molecule has 7 nitrogen and oxygen atoms in total. The van der Waals surface area contributed by atoms with Crippen molar-refractivity contribution < 1.29 is 14.7 Å². The van der Waals surface area contributed by atoms with Crippen LogP contribution in [0.2, 0.25) is 0 Å². The highest BCUT2D eigenvalue weighted by Crippen LogP contribution is 2.62. The highest BCUT2D eigenvalue weighted by Gasteiger charge is 2.60. The monoisotopic (exact) mass is 342 g/mol. The lowest BCUT2D eigenvalue weighted by Crippen LogP contribution is -2.36. The number of fused-ring (bicyclic) bond motifs is 3. The molecule has 2 heterocycles. The molecular formula is C18H24N5O2+. The standard InChI is InChI=1S/C18H23N5O2/c1-10(2)11(3)20-17(24)15-13-7-12-8-18(12,4)16(13)23(21-15)14-9-22(25)6-5-19-14/h5-6,9-12H,7-8H2,1-4H3,(H-,19,20,24,25)/p+1/t11?,12-,18+/m1/s1. The van der Waals surface area contributed by atoms with Crippen molar-refractivity contribution in [3.05, 3.63) is 35.5 Å². The third kappa shape index (κ3) is 2.41. The highest BCUT2D eigenvalue weighted by molar-refractivity contribution is 5.94. The maximum atomic E-state index is 12.8. The lowest BCUT2D eigenvalue weighted by molar-refractivity contribution is -0.904. The van der Waals surface area contributed by atoms with E-state index < -0.39 is 0 Å². The average molecular weight is 342 g/mol. The van der Waals surface area contributed by atoms with Crippen LogP contribution in [0, 0.1) is 11.8 Å². The normalized spacial score (nSPS) is 24.8. The number of aromatic nitrogens is 4. The van der Waals surface area contributed by atoms with E-state index in [1.807, 2.05) is 6.92 Å². The Balaban J connectivity index is 1.78. The molecule has 0 aromatic carbocycles. The van der Waals surface area contributed by atoms with Crippen LogP contribution in [-0.2, 0) is 11.8 Å². The summed E-state index contributed by atoms with van der Waals surface area (Å²) in [6, 6.07) is 0.0780. The minimum absolute atomic E-state index is 0.0579. The van der Waals surface area contributed by atoms with Crippen LogP contribution in [0.3, 0.4) is 0 Å². The van der Waals surface area contributed by atoms with Gasteiger partial charge in [-0.25, -0.2) is 9.67 Å². The first-order valence-corrected chi connectivity index (χ1v) is 8.81. The van der Waals surface area contributed by atoms with Crippen molar-refractivity contribution in [3.8, 4) is 5.82 Å². The maximum Gasteiger partial charge on any atom is 0.272 e. The predicted molar refractivity (Wildman–Crippen MR) is 89.7 cm³/mol. The lowest BCUT2D eigenvalue weighted by Gasteiger charge is -2.16. The highest BCUT2D eigenvalue weighted by atomic mass is 16.5. The molecule has 0 saturated heterocycles. The number of hydrogen-bond acceptors (Lipinski definition) is 4. The first-order valence-electron chi connectivity index (χ1n) is 8.81. The third-order valence-electron chi connectivity index (χ3n) is 5.85. The van der Waals surface area contributed by atoms with Gasteiger partial charge >= 0.3 is 0 Å². The van der Waals surface area contributed by atoms with E-state index in [-0.39, 0.29) is 17.4 Å². The fourth-order valence-corrected chi connectivity index (χ4v) is 3.79. The van der Waals surface area contributed by atoms with Gasteiger partial charge in [-0.1, -0.05) is 20.8 Å². The van der Waals surface area contributed by atoms with Crippen LogP contribution in [0.1, 0.15) is 55.9 Å². The van der Waals surface area contributed by atoms with Gasteiger partial charge in [0, 0.05) is 21.8 Å². The largest absolute Gasteiger partial charge is 0.348 e. The number of rotatable bonds is 4. The Morgan fingerprint density at radius 1 is 1.48 bits per heavy atom. The molecule has 0 spiro atoms. The number of nitrogens with zero attached hydrogens (tertiary/aromatic N) is 4. The van der Waals surface area contributed by atoms with Gasteiger partial charge in [0.2, 0.25) is 12.0 Å². The van der Waals surface area contributed by atoms with Crippen LogP contribution in [0.25, 0.3) is 5.82 Å². The molecule has 2 aromatic heterocycles.